The van der Waals surface area contributed by atoms with Crippen LogP contribution in [0.4, 0.5) is 5.69 Å². The predicted octanol–water partition coefficient (Wildman–Crippen LogP) is 3.53. The second-order valence-corrected chi connectivity index (χ2v) is 4.36. The fourth-order valence-electron chi connectivity index (χ4n) is 2.38. The van der Waals surface area contributed by atoms with E-state index in [1.54, 1.807) is 0 Å². The van der Waals surface area contributed by atoms with Gasteiger partial charge in [0.15, 0.2) is 0 Å². The van der Waals surface area contributed by atoms with Crippen LogP contribution in [0.25, 0.3) is 0 Å². The molecule has 2 rings (SSSR count). The van der Waals surface area contributed by atoms with E-state index in [0.717, 1.165) is 19.0 Å². The number of hydrogen-bond acceptors (Lipinski definition) is 2. The van der Waals surface area contributed by atoms with Crippen molar-refractivity contribution in [1.29, 1.82) is 0 Å². The molecule has 2 nitrogen and oxygen atoms in total. The van der Waals surface area contributed by atoms with Gasteiger partial charge >= 0.3 is 0 Å². The molecule has 96 valence electrons. The van der Waals surface area contributed by atoms with Crippen LogP contribution >= 0.6 is 0 Å². The largest absolute Gasteiger partial charge is 0.388 e. The maximum absolute atomic E-state index is 3.41. The first-order valence-corrected chi connectivity index (χ1v) is 6.80. The second-order valence-electron chi connectivity index (χ2n) is 4.36. The van der Waals surface area contributed by atoms with Crippen molar-refractivity contribution in [2.24, 2.45) is 0 Å². The van der Waals surface area contributed by atoms with Crippen LogP contribution in [0, 0.1) is 6.92 Å². The van der Waals surface area contributed by atoms with Gasteiger partial charge in [0.25, 0.3) is 0 Å². The third-order valence-electron chi connectivity index (χ3n) is 3.26. The van der Waals surface area contributed by atoms with Crippen LogP contribution in [0.15, 0.2) is 18.2 Å². The van der Waals surface area contributed by atoms with Crippen molar-refractivity contribution in [3.05, 3.63) is 29.3 Å². The Labute approximate surface area is 106 Å². The molecule has 1 heterocycles. The molecule has 17 heavy (non-hydrogen) atoms. The van der Waals surface area contributed by atoms with E-state index >= 15 is 0 Å². The van der Waals surface area contributed by atoms with Gasteiger partial charge in [-0.1, -0.05) is 26.0 Å². The van der Waals surface area contributed by atoms with Gasteiger partial charge in [0, 0.05) is 12.7 Å². The second kappa shape index (κ2) is 7.33. The van der Waals surface area contributed by atoms with E-state index in [1.807, 2.05) is 20.9 Å². The quantitative estimate of drug-likeness (QED) is 0.818. The van der Waals surface area contributed by atoms with E-state index in [2.05, 4.69) is 35.8 Å². The zero-order valence-corrected chi connectivity index (χ0v) is 11.6. The number of hydrogen-bond donors (Lipinski definition) is 2. The van der Waals surface area contributed by atoms with Gasteiger partial charge in [-0.15, -0.1) is 0 Å². The molecule has 1 aromatic rings. The lowest BCUT2D eigenvalue weighted by molar-refractivity contribution is 0.461. The Bertz CT molecular complexity index is 328. The first-order valence-electron chi connectivity index (χ1n) is 6.80. The molecule has 0 unspecified atom stereocenters. The van der Waals surface area contributed by atoms with E-state index in [0.29, 0.717) is 0 Å². The molecule has 0 amide bonds. The van der Waals surface area contributed by atoms with Gasteiger partial charge in [-0.3, -0.25) is 0 Å². The number of anilines is 1. The highest BCUT2D eigenvalue weighted by Gasteiger charge is 2.17. The zero-order chi connectivity index (χ0) is 12.7. The molecule has 0 bridgehead atoms. The summed E-state index contributed by atoms with van der Waals surface area (Å²) < 4.78 is 0. The minimum Gasteiger partial charge on any atom is -0.388 e. The predicted molar refractivity (Wildman–Crippen MR) is 76.9 cm³/mol. The smallest absolute Gasteiger partial charge is 0.0375 e. The maximum Gasteiger partial charge on any atom is 0.0375 e. The average Bonchev–Trinajstić information content (AvgIpc) is 2.42. The highest BCUT2D eigenvalue weighted by Crippen LogP contribution is 2.31. The minimum atomic E-state index is 0.731. The van der Waals surface area contributed by atoms with Crippen LogP contribution in [0.5, 0.6) is 0 Å². The number of benzene rings is 1. The Morgan fingerprint density at radius 2 is 1.82 bits per heavy atom. The number of nitrogens with one attached hydrogen (secondary N) is 2. The highest BCUT2D eigenvalue weighted by molar-refractivity contribution is 5.54. The summed E-state index contributed by atoms with van der Waals surface area (Å²) in [5.74, 6) is 0.731. The van der Waals surface area contributed by atoms with Crippen LogP contribution < -0.4 is 10.6 Å². The Hall–Kier alpha value is -1.02. The lowest BCUT2D eigenvalue weighted by Gasteiger charge is -2.25. The SMILES string of the molecule is CC.CNc1cc(C)ccc1C1CCNCC1. The molecule has 0 aromatic heterocycles. The summed E-state index contributed by atoms with van der Waals surface area (Å²) in [5, 5.41) is 6.73. The van der Waals surface area contributed by atoms with Crippen molar-refractivity contribution >= 4 is 5.69 Å². The summed E-state index contributed by atoms with van der Waals surface area (Å²) in [6.07, 6.45) is 2.52. The zero-order valence-electron chi connectivity index (χ0n) is 11.6. The fraction of sp³-hybridized carbons (Fsp3) is 0.600. The van der Waals surface area contributed by atoms with Gasteiger partial charge < -0.3 is 10.6 Å². The summed E-state index contributed by atoms with van der Waals surface area (Å²) in [6, 6.07) is 6.76. The van der Waals surface area contributed by atoms with Crippen molar-refractivity contribution in [3.63, 3.8) is 0 Å². The van der Waals surface area contributed by atoms with Crippen LogP contribution in [0.2, 0.25) is 0 Å². The first kappa shape index (κ1) is 14.0. The monoisotopic (exact) mass is 234 g/mol. The van der Waals surface area contributed by atoms with Gasteiger partial charge in [0.05, 0.1) is 0 Å². The number of rotatable bonds is 2. The molecule has 0 atom stereocenters. The average molecular weight is 234 g/mol. The third-order valence-corrected chi connectivity index (χ3v) is 3.26. The molecule has 0 radical (unpaired) electrons. The standard InChI is InChI=1S/C13H20N2.C2H6/c1-10-3-4-12(13(9-10)14-2)11-5-7-15-8-6-11;1-2/h3-4,9,11,14-15H,5-8H2,1-2H3;1-2H3. The topological polar surface area (TPSA) is 24.1 Å². The molecule has 1 aromatic carbocycles. The molecular weight excluding hydrogens is 208 g/mol. The lowest BCUT2D eigenvalue weighted by Crippen LogP contribution is -2.27. The Kier molecular flexibility index (Phi) is 6.06. The molecule has 0 aliphatic carbocycles. The Morgan fingerprint density at radius 3 is 2.41 bits per heavy atom. The van der Waals surface area contributed by atoms with Crippen molar-refractivity contribution in [2.45, 2.75) is 39.5 Å². The maximum atomic E-state index is 3.41. The summed E-state index contributed by atoms with van der Waals surface area (Å²) in [4.78, 5) is 0. The third kappa shape index (κ3) is 3.74. The van der Waals surface area contributed by atoms with Gasteiger partial charge in [-0.05, 0) is 56.0 Å². The van der Waals surface area contributed by atoms with Gasteiger partial charge in [-0.25, -0.2) is 0 Å². The minimum absolute atomic E-state index is 0.731. The van der Waals surface area contributed by atoms with Crippen molar-refractivity contribution in [1.82, 2.24) is 5.32 Å². The normalized spacial score (nSPS) is 16.0. The van der Waals surface area contributed by atoms with E-state index in [9.17, 15) is 0 Å². The lowest BCUT2D eigenvalue weighted by atomic mass is 9.88. The molecule has 1 fully saturated rings. The molecule has 0 spiro atoms. The van der Waals surface area contributed by atoms with Crippen LogP contribution in [-0.2, 0) is 0 Å². The van der Waals surface area contributed by atoms with E-state index < -0.39 is 0 Å². The van der Waals surface area contributed by atoms with Gasteiger partial charge in [-0.2, -0.15) is 0 Å². The summed E-state index contributed by atoms with van der Waals surface area (Å²) in [7, 11) is 2.01. The van der Waals surface area contributed by atoms with Gasteiger partial charge in [0.1, 0.15) is 0 Å². The van der Waals surface area contributed by atoms with Gasteiger partial charge in [0.2, 0.25) is 0 Å². The number of aryl methyl sites for hydroxylation is 1. The van der Waals surface area contributed by atoms with Crippen LogP contribution in [0.3, 0.4) is 0 Å². The molecule has 0 saturated carbocycles. The fourth-order valence-corrected chi connectivity index (χ4v) is 2.38. The summed E-state index contributed by atoms with van der Waals surface area (Å²) >= 11 is 0. The Balaban J connectivity index is 0.000000686. The van der Waals surface area contributed by atoms with E-state index in [1.165, 1.54) is 29.7 Å². The Morgan fingerprint density at radius 1 is 1.18 bits per heavy atom. The van der Waals surface area contributed by atoms with E-state index in [-0.39, 0.29) is 0 Å². The van der Waals surface area contributed by atoms with Crippen molar-refractivity contribution in [2.75, 3.05) is 25.5 Å². The first-order chi connectivity index (χ1) is 8.31. The summed E-state index contributed by atoms with van der Waals surface area (Å²) in [6.45, 7) is 8.45. The number of piperidine rings is 1. The van der Waals surface area contributed by atoms with E-state index in [4.69, 9.17) is 0 Å². The van der Waals surface area contributed by atoms with Crippen molar-refractivity contribution < 1.29 is 0 Å². The van der Waals surface area contributed by atoms with Crippen molar-refractivity contribution in [3.8, 4) is 0 Å². The molecule has 2 heteroatoms. The molecular formula is C15H26N2. The van der Waals surface area contributed by atoms with Crippen LogP contribution in [0.1, 0.15) is 43.7 Å². The molecule has 1 aliphatic heterocycles. The molecule has 1 saturated heterocycles. The molecule has 1 aliphatic rings. The molecule has 2 N–H and O–H groups in total. The summed E-state index contributed by atoms with van der Waals surface area (Å²) in [5.41, 5.74) is 4.13. The highest BCUT2D eigenvalue weighted by atomic mass is 14.9. The van der Waals surface area contributed by atoms with Crippen LogP contribution in [-0.4, -0.2) is 20.1 Å².